The van der Waals surface area contributed by atoms with Crippen molar-refractivity contribution in [1.82, 2.24) is 14.5 Å². The molecule has 1 saturated heterocycles. The van der Waals surface area contributed by atoms with E-state index >= 15 is 0 Å². The van der Waals surface area contributed by atoms with E-state index in [0.717, 1.165) is 15.4 Å². The van der Waals surface area contributed by atoms with Gasteiger partial charge < -0.3 is 15.7 Å². The quantitative estimate of drug-likeness (QED) is 0.302. The van der Waals surface area contributed by atoms with Crippen molar-refractivity contribution in [2.24, 2.45) is 0 Å². The highest BCUT2D eigenvalue weighted by atomic mass is 32.2. The molecular weight excluding hydrogens is 568 g/mol. The van der Waals surface area contributed by atoms with Crippen molar-refractivity contribution in [3.8, 4) is 0 Å². The molecule has 3 aromatic rings. The Labute approximate surface area is 252 Å². The highest BCUT2D eigenvalue weighted by molar-refractivity contribution is 7.88. The number of urea groups is 1. The number of nitrogens with one attached hydrogen (secondary N) is 2. The number of carbonyl (C=O) groups is 3. The van der Waals surface area contributed by atoms with Crippen LogP contribution in [0.3, 0.4) is 0 Å². The third-order valence-electron chi connectivity index (χ3n) is 7.36. The number of carboxylic acid groups (broad SMARTS) is 1. The first-order valence-electron chi connectivity index (χ1n) is 14.2. The lowest BCUT2D eigenvalue weighted by molar-refractivity contribution is -0.138. The van der Waals surface area contributed by atoms with E-state index in [1.807, 2.05) is 25.1 Å². The number of nitrogens with zero attached hydrogens (tertiary/aromatic N) is 2. The molecule has 43 heavy (non-hydrogen) atoms. The van der Waals surface area contributed by atoms with Crippen LogP contribution in [0.5, 0.6) is 0 Å². The zero-order valence-electron chi connectivity index (χ0n) is 24.6. The van der Waals surface area contributed by atoms with E-state index in [0.29, 0.717) is 29.2 Å². The maximum atomic E-state index is 14.0. The first-order valence-corrected chi connectivity index (χ1v) is 15.9. The van der Waals surface area contributed by atoms with Crippen LogP contribution in [0.4, 0.5) is 10.5 Å². The smallest absolute Gasteiger partial charge is 0.323 e. The minimum atomic E-state index is -4.08. The molecule has 1 fully saturated rings. The fourth-order valence-electron chi connectivity index (χ4n) is 5.15. The molecule has 0 radical (unpaired) electrons. The molecule has 1 heterocycles. The van der Waals surface area contributed by atoms with E-state index < -0.39 is 46.6 Å². The van der Waals surface area contributed by atoms with Gasteiger partial charge in [-0.05, 0) is 48.1 Å². The van der Waals surface area contributed by atoms with Gasteiger partial charge in [-0.25, -0.2) is 13.2 Å². The van der Waals surface area contributed by atoms with E-state index in [1.165, 1.54) is 4.90 Å². The molecule has 0 bridgehead atoms. The van der Waals surface area contributed by atoms with Crippen molar-refractivity contribution in [3.05, 3.63) is 101 Å². The number of hydrogen-bond acceptors (Lipinski definition) is 5. The summed E-state index contributed by atoms with van der Waals surface area (Å²) in [6, 6.07) is 21.4. The van der Waals surface area contributed by atoms with E-state index in [9.17, 15) is 27.9 Å². The minimum Gasteiger partial charge on any atom is -0.481 e. The average Bonchev–Trinajstić information content (AvgIpc) is 2.96. The van der Waals surface area contributed by atoms with Gasteiger partial charge in [0.05, 0.1) is 18.2 Å². The van der Waals surface area contributed by atoms with Gasteiger partial charge in [-0.3, -0.25) is 14.5 Å². The Balaban J connectivity index is 1.67. The Kier molecular flexibility index (Phi) is 10.2. The summed E-state index contributed by atoms with van der Waals surface area (Å²) in [5.74, 6) is -1.98. The van der Waals surface area contributed by atoms with Crippen molar-refractivity contribution in [2.45, 2.75) is 57.5 Å². The van der Waals surface area contributed by atoms with Crippen LogP contribution in [0.1, 0.15) is 60.9 Å². The molecule has 4 rings (SSSR count). The number of sulfonamides is 1. The van der Waals surface area contributed by atoms with E-state index in [2.05, 4.69) is 24.5 Å². The molecule has 3 amide bonds. The van der Waals surface area contributed by atoms with Gasteiger partial charge in [-0.15, -0.1) is 0 Å². The second kappa shape index (κ2) is 13.8. The number of anilines is 1. The number of carboxylic acids is 1. The molecule has 3 aromatic carbocycles. The SMILES string of the molecule is Cc1cccc(C(CC(=O)O)NC(=O)C2N(C(=O)Nc3ccc(C(C)C)cc3)CCCN2S(=O)(=O)Cc2ccccc2)c1. The van der Waals surface area contributed by atoms with Crippen LogP contribution in [-0.4, -0.2) is 59.9 Å². The summed E-state index contributed by atoms with van der Waals surface area (Å²) < 4.78 is 28.6. The number of carbonyl (C=O) groups excluding carboxylic acids is 2. The maximum absolute atomic E-state index is 14.0. The van der Waals surface area contributed by atoms with Gasteiger partial charge in [0, 0.05) is 18.8 Å². The van der Waals surface area contributed by atoms with Gasteiger partial charge in [-0.1, -0.05) is 86.1 Å². The third kappa shape index (κ3) is 8.20. The summed E-state index contributed by atoms with van der Waals surface area (Å²) >= 11 is 0. The number of aryl methyl sites for hydroxylation is 1. The molecule has 11 heteroatoms. The highest BCUT2D eigenvalue weighted by Gasteiger charge is 2.44. The fourth-order valence-corrected chi connectivity index (χ4v) is 6.85. The molecule has 3 N–H and O–H groups in total. The van der Waals surface area contributed by atoms with Crippen molar-refractivity contribution in [3.63, 3.8) is 0 Å². The highest BCUT2D eigenvalue weighted by Crippen LogP contribution is 2.26. The summed E-state index contributed by atoms with van der Waals surface area (Å²) in [5, 5.41) is 15.2. The summed E-state index contributed by atoms with van der Waals surface area (Å²) in [5.41, 5.74) is 3.56. The minimum absolute atomic E-state index is 0.0220. The lowest BCUT2D eigenvalue weighted by Crippen LogP contribution is -2.64. The summed E-state index contributed by atoms with van der Waals surface area (Å²) in [6.07, 6.45) is -1.64. The van der Waals surface area contributed by atoms with Gasteiger partial charge in [0.15, 0.2) is 6.17 Å². The number of aliphatic carboxylic acids is 1. The van der Waals surface area contributed by atoms with Gasteiger partial charge in [0.25, 0.3) is 5.91 Å². The van der Waals surface area contributed by atoms with Crippen LogP contribution >= 0.6 is 0 Å². The lowest BCUT2D eigenvalue weighted by atomic mass is 10.0. The van der Waals surface area contributed by atoms with Crippen molar-refractivity contribution < 1.29 is 27.9 Å². The molecule has 1 aliphatic rings. The molecule has 10 nitrogen and oxygen atoms in total. The van der Waals surface area contributed by atoms with Gasteiger partial charge in [0.2, 0.25) is 10.0 Å². The Morgan fingerprint density at radius 3 is 2.26 bits per heavy atom. The molecule has 228 valence electrons. The predicted molar refractivity (Wildman–Crippen MR) is 165 cm³/mol. The molecular formula is C32H38N4O6S. The van der Waals surface area contributed by atoms with E-state index in [-0.39, 0.29) is 18.8 Å². The second-order valence-electron chi connectivity index (χ2n) is 11.1. The number of hydrogen-bond donors (Lipinski definition) is 3. The summed E-state index contributed by atoms with van der Waals surface area (Å²) in [7, 11) is -4.08. The molecule has 0 aliphatic carbocycles. The van der Waals surface area contributed by atoms with Crippen molar-refractivity contribution in [1.29, 1.82) is 0 Å². The van der Waals surface area contributed by atoms with E-state index in [1.54, 1.807) is 60.7 Å². The Hall–Kier alpha value is -4.22. The van der Waals surface area contributed by atoms with Crippen LogP contribution in [0.25, 0.3) is 0 Å². The second-order valence-corrected chi connectivity index (χ2v) is 13.0. The lowest BCUT2D eigenvalue weighted by Gasteiger charge is -2.42. The maximum Gasteiger partial charge on any atom is 0.323 e. The predicted octanol–water partition coefficient (Wildman–Crippen LogP) is 4.85. The zero-order chi connectivity index (χ0) is 31.1. The fraction of sp³-hybridized carbons (Fsp3) is 0.344. The Morgan fingerprint density at radius 1 is 0.930 bits per heavy atom. The summed E-state index contributed by atoms with van der Waals surface area (Å²) in [6.45, 7) is 6.11. The summed E-state index contributed by atoms with van der Waals surface area (Å²) in [4.78, 5) is 40.6. The number of rotatable bonds is 10. The van der Waals surface area contributed by atoms with Crippen LogP contribution in [0.2, 0.25) is 0 Å². The van der Waals surface area contributed by atoms with Crippen LogP contribution < -0.4 is 10.6 Å². The third-order valence-corrected chi connectivity index (χ3v) is 9.15. The number of benzene rings is 3. The molecule has 1 aliphatic heterocycles. The van der Waals surface area contributed by atoms with Crippen molar-refractivity contribution >= 4 is 33.6 Å². The van der Waals surface area contributed by atoms with Crippen LogP contribution in [-0.2, 0) is 25.4 Å². The van der Waals surface area contributed by atoms with E-state index in [4.69, 9.17) is 0 Å². The van der Waals surface area contributed by atoms with Gasteiger partial charge >= 0.3 is 12.0 Å². The van der Waals surface area contributed by atoms with Crippen LogP contribution in [0, 0.1) is 6.92 Å². The molecule has 2 unspecified atom stereocenters. The molecule has 0 spiro atoms. The average molecular weight is 607 g/mol. The molecule has 2 atom stereocenters. The Morgan fingerprint density at radius 2 is 1.63 bits per heavy atom. The largest absolute Gasteiger partial charge is 0.481 e. The monoisotopic (exact) mass is 606 g/mol. The van der Waals surface area contributed by atoms with Gasteiger partial charge in [-0.2, -0.15) is 4.31 Å². The normalized spacial score (nSPS) is 16.5. The molecule has 0 aromatic heterocycles. The Bertz CT molecular complexity index is 1540. The van der Waals surface area contributed by atoms with Crippen molar-refractivity contribution in [2.75, 3.05) is 18.4 Å². The van der Waals surface area contributed by atoms with Gasteiger partial charge in [0.1, 0.15) is 0 Å². The standard InChI is InChI=1S/C32H38N4O6S/c1-22(2)25-13-15-27(16-14-25)33-32(40)35-17-8-18-36(43(41,42)21-24-10-5-4-6-11-24)31(35)30(39)34-28(20-29(37)38)26-12-7-9-23(3)19-26/h4-7,9-16,19,22,28,31H,8,17-18,20-21H2,1-3H3,(H,33,40)(H,34,39)(H,37,38). The first-order chi connectivity index (χ1) is 20.4. The first kappa shape index (κ1) is 31.7. The molecule has 0 saturated carbocycles. The van der Waals surface area contributed by atoms with Crippen LogP contribution in [0.15, 0.2) is 78.9 Å². The number of amides is 3. The topological polar surface area (TPSA) is 136 Å². The zero-order valence-corrected chi connectivity index (χ0v) is 25.4.